The lowest BCUT2D eigenvalue weighted by atomic mass is 10.2. The predicted molar refractivity (Wildman–Crippen MR) is 76.0 cm³/mol. The van der Waals surface area contributed by atoms with Crippen molar-refractivity contribution in [3.8, 4) is 0 Å². The monoisotopic (exact) mass is 238 g/mol. The Morgan fingerprint density at radius 1 is 1.19 bits per heavy atom. The van der Waals surface area contributed by atoms with Gasteiger partial charge in [-0.1, -0.05) is 44.6 Å². The van der Waals surface area contributed by atoms with Crippen molar-refractivity contribution in [3.05, 3.63) is 36.6 Å². The van der Waals surface area contributed by atoms with Gasteiger partial charge in [-0.3, -0.25) is 0 Å². The highest BCUT2D eigenvalue weighted by molar-refractivity contribution is 6.70. The van der Waals surface area contributed by atoms with Crippen molar-refractivity contribution in [2.24, 2.45) is 0 Å². The van der Waals surface area contributed by atoms with E-state index in [0.29, 0.717) is 0 Å². The van der Waals surface area contributed by atoms with E-state index >= 15 is 0 Å². The SMILES string of the molecule is C=C(/C=C/C=C/CCCCC)O[Si](C)(C)C. The zero-order valence-electron chi connectivity index (χ0n) is 11.3. The van der Waals surface area contributed by atoms with Crippen molar-refractivity contribution in [1.82, 2.24) is 0 Å². The molecule has 0 N–H and O–H groups in total. The third-order valence-corrected chi connectivity index (χ3v) is 2.82. The van der Waals surface area contributed by atoms with Crippen molar-refractivity contribution in [2.45, 2.75) is 52.2 Å². The smallest absolute Gasteiger partial charge is 0.242 e. The minimum Gasteiger partial charge on any atom is -0.545 e. The molecule has 0 fully saturated rings. The third kappa shape index (κ3) is 11.3. The van der Waals surface area contributed by atoms with Gasteiger partial charge in [0.1, 0.15) is 0 Å². The molecule has 0 heterocycles. The molecule has 0 bridgehead atoms. The van der Waals surface area contributed by atoms with Crippen molar-refractivity contribution < 1.29 is 4.43 Å². The molecule has 16 heavy (non-hydrogen) atoms. The van der Waals surface area contributed by atoms with E-state index in [4.69, 9.17) is 4.43 Å². The standard InChI is InChI=1S/C14H26OSi/c1-6-7-8-9-10-11-12-13-14(2)15-16(3,4)5/h10-13H,2,6-9H2,1,3-5H3/b11-10+,13-12+. The van der Waals surface area contributed by atoms with Crippen molar-refractivity contribution in [2.75, 3.05) is 0 Å². The van der Waals surface area contributed by atoms with Crippen LogP contribution in [0.1, 0.15) is 32.6 Å². The molecule has 0 aliphatic rings. The maximum atomic E-state index is 5.71. The summed E-state index contributed by atoms with van der Waals surface area (Å²) in [5.74, 6) is 0.775. The first kappa shape index (κ1) is 15.2. The highest BCUT2D eigenvalue weighted by Crippen LogP contribution is 2.09. The second-order valence-corrected chi connectivity index (χ2v) is 9.39. The van der Waals surface area contributed by atoms with Gasteiger partial charge >= 0.3 is 0 Å². The van der Waals surface area contributed by atoms with Crippen LogP contribution in [-0.4, -0.2) is 8.32 Å². The largest absolute Gasteiger partial charge is 0.545 e. The number of allylic oxidation sites excluding steroid dienone is 4. The topological polar surface area (TPSA) is 9.23 Å². The first-order valence-corrected chi connectivity index (χ1v) is 9.57. The fourth-order valence-corrected chi connectivity index (χ4v) is 2.13. The zero-order valence-corrected chi connectivity index (χ0v) is 12.3. The fourth-order valence-electron chi connectivity index (χ4n) is 1.28. The molecule has 0 aliphatic heterocycles. The summed E-state index contributed by atoms with van der Waals surface area (Å²) >= 11 is 0. The van der Waals surface area contributed by atoms with Gasteiger partial charge in [0.05, 0.1) is 5.76 Å². The molecule has 0 saturated heterocycles. The summed E-state index contributed by atoms with van der Waals surface area (Å²) in [6.45, 7) is 12.6. The Balaban J connectivity index is 3.71. The highest BCUT2D eigenvalue weighted by Gasteiger charge is 2.15. The zero-order chi connectivity index (χ0) is 12.4. The number of hydrogen-bond donors (Lipinski definition) is 0. The van der Waals surface area contributed by atoms with Gasteiger partial charge in [0.15, 0.2) is 0 Å². The molecule has 1 nitrogen and oxygen atoms in total. The Labute approximate surface area is 102 Å². The summed E-state index contributed by atoms with van der Waals surface area (Å²) in [6.07, 6.45) is 13.3. The number of unbranched alkanes of at least 4 members (excludes halogenated alkanes) is 3. The van der Waals surface area contributed by atoms with Crippen molar-refractivity contribution in [1.29, 1.82) is 0 Å². The molecule has 0 atom stereocenters. The Hall–Kier alpha value is -0.763. The first-order chi connectivity index (χ1) is 7.45. The van der Waals surface area contributed by atoms with Crippen LogP contribution in [0.2, 0.25) is 19.6 Å². The van der Waals surface area contributed by atoms with Crippen LogP contribution in [0, 0.1) is 0 Å². The molecule has 0 spiro atoms. The molecule has 0 aromatic rings. The Bertz CT molecular complexity index is 246. The van der Waals surface area contributed by atoms with Crippen LogP contribution >= 0.6 is 0 Å². The fraction of sp³-hybridized carbons (Fsp3) is 0.571. The van der Waals surface area contributed by atoms with Crippen molar-refractivity contribution >= 4 is 8.32 Å². The first-order valence-electron chi connectivity index (χ1n) is 6.17. The van der Waals surface area contributed by atoms with E-state index in [1.54, 1.807) is 0 Å². The third-order valence-electron chi connectivity index (χ3n) is 1.94. The lowest BCUT2D eigenvalue weighted by Crippen LogP contribution is -2.23. The van der Waals surface area contributed by atoms with Gasteiger partial charge in [-0.25, -0.2) is 0 Å². The Kier molecular flexibility index (Phi) is 8.00. The average Bonchev–Trinajstić information content (AvgIpc) is 2.13. The molecular formula is C14H26OSi. The maximum Gasteiger partial charge on any atom is 0.242 e. The minimum absolute atomic E-state index is 0.775. The van der Waals surface area contributed by atoms with Gasteiger partial charge in [-0.2, -0.15) is 0 Å². The summed E-state index contributed by atoms with van der Waals surface area (Å²) in [6, 6.07) is 0. The molecule has 0 radical (unpaired) electrons. The summed E-state index contributed by atoms with van der Waals surface area (Å²) in [5, 5.41) is 0. The second-order valence-electron chi connectivity index (χ2n) is 4.96. The molecule has 0 saturated carbocycles. The number of hydrogen-bond acceptors (Lipinski definition) is 1. The predicted octanol–water partition coefficient (Wildman–Crippen LogP) is 5.04. The van der Waals surface area contributed by atoms with E-state index in [1.165, 1.54) is 25.7 Å². The quantitative estimate of drug-likeness (QED) is 0.249. The summed E-state index contributed by atoms with van der Waals surface area (Å²) in [5.41, 5.74) is 0. The number of rotatable bonds is 8. The molecule has 92 valence electrons. The van der Waals surface area contributed by atoms with Gasteiger partial charge < -0.3 is 4.43 Å². The Morgan fingerprint density at radius 2 is 1.88 bits per heavy atom. The summed E-state index contributed by atoms with van der Waals surface area (Å²) < 4.78 is 5.71. The van der Waals surface area contributed by atoms with Gasteiger partial charge in [0, 0.05) is 0 Å². The molecule has 0 rings (SSSR count). The van der Waals surface area contributed by atoms with Crippen LogP contribution in [0.25, 0.3) is 0 Å². The minimum atomic E-state index is -1.48. The lowest BCUT2D eigenvalue weighted by molar-refractivity contribution is 0.444. The van der Waals surface area contributed by atoms with Crippen LogP contribution in [0.5, 0.6) is 0 Å². The molecule has 0 unspecified atom stereocenters. The molecule has 0 amide bonds. The normalized spacial score (nSPS) is 12.5. The summed E-state index contributed by atoms with van der Waals surface area (Å²) in [7, 11) is -1.48. The van der Waals surface area contributed by atoms with E-state index in [0.717, 1.165) is 5.76 Å². The van der Waals surface area contributed by atoms with Crippen molar-refractivity contribution in [3.63, 3.8) is 0 Å². The van der Waals surface area contributed by atoms with E-state index in [2.05, 4.69) is 45.3 Å². The van der Waals surface area contributed by atoms with Gasteiger partial charge in [0.2, 0.25) is 8.32 Å². The summed E-state index contributed by atoms with van der Waals surface area (Å²) in [4.78, 5) is 0. The van der Waals surface area contributed by atoms with Gasteiger partial charge in [0.25, 0.3) is 0 Å². The average molecular weight is 238 g/mol. The van der Waals surface area contributed by atoms with Crippen LogP contribution in [0.3, 0.4) is 0 Å². The highest BCUT2D eigenvalue weighted by atomic mass is 28.4. The van der Waals surface area contributed by atoms with Gasteiger partial charge in [-0.15, -0.1) is 0 Å². The van der Waals surface area contributed by atoms with E-state index in [9.17, 15) is 0 Å². The van der Waals surface area contributed by atoms with Crippen LogP contribution in [-0.2, 0) is 4.43 Å². The second kappa shape index (κ2) is 8.40. The van der Waals surface area contributed by atoms with Crippen LogP contribution in [0.15, 0.2) is 36.6 Å². The van der Waals surface area contributed by atoms with E-state index < -0.39 is 8.32 Å². The lowest BCUT2D eigenvalue weighted by Gasteiger charge is -2.18. The van der Waals surface area contributed by atoms with Crippen LogP contribution in [0.4, 0.5) is 0 Å². The molecule has 0 aromatic heterocycles. The Morgan fingerprint density at radius 3 is 2.44 bits per heavy atom. The van der Waals surface area contributed by atoms with Crippen LogP contribution < -0.4 is 0 Å². The molecular weight excluding hydrogens is 212 g/mol. The molecule has 0 aromatic carbocycles. The molecule has 0 aliphatic carbocycles. The van der Waals surface area contributed by atoms with E-state index in [1.807, 2.05) is 12.2 Å². The molecule has 2 heteroatoms. The van der Waals surface area contributed by atoms with E-state index in [-0.39, 0.29) is 0 Å². The van der Waals surface area contributed by atoms with Gasteiger partial charge in [-0.05, 0) is 38.6 Å². The maximum absolute atomic E-state index is 5.71.